The molecule has 110 valence electrons. The van der Waals surface area contributed by atoms with Crippen molar-refractivity contribution in [2.75, 3.05) is 6.54 Å². The molecule has 1 aliphatic carbocycles. The Morgan fingerprint density at radius 1 is 1.25 bits per heavy atom. The van der Waals surface area contributed by atoms with Crippen LogP contribution in [0.15, 0.2) is 29.2 Å². The van der Waals surface area contributed by atoms with Crippen LogP contribution in [0.25, 0.3) is 0 Å². The fraction of sp³-hybridized carbons (Fsp3) is 0.533. The first-order valence-electron chi connectivity index (χ1n) is 6.99. The molecule has 5 heteroatoms. The molecule has 2 rings (SSSR count). The maximum atomic E-state index is 12.2. The van der Waals surface area contributed by atoms with Crippen molar-refractivity contribution in [3.8, 4) is 0 Å². The number of rotatable bonds is 6. The molecule has 0 spiro atoms. The second kappa shape index (κ2) is 5.66. The zero-order chi connectivity index (χ0) is 14.8. The van der Waals surface area contributed by atoms with Crippen molar-refractivity contribution in [1.29, 1.82) is 0 Å². The summed E-state index contributed by atoms with van der Waals surface area (Å²) in [6.07, 6.45) is 4.37. The monoisotopic (exact) mass is 295 g/mol. The van der Waals surface area contributed by atoms with E-state index in [2.05, 4.69) is 11.6 Å². The highest BCUT2D eigenvalue weighted by atomic mass is 32.2. The second-order valence-corrected chi connectivity index (χ2v) is 7.38. The third kappa shape index (κ3) is 3.10. The molecule has 1 fully saturated rings. The van der Waals surface area contributed by atoms with Crippen molar-refractivity contribution in [2.45, 2.75) is 44.4 Å². The van der Waals surface area contributed by atoms with E-state index in [4.69, 9.17) is 0 Å². The van der Waals surface area contributed by atoms with Crippen LogP contribution in [0.1, 0.15) is 49.9 Å². The van der Waals surface area contributed by atoms with Gasteiger partial charge in [-0.05, 0) is 43.7 Å². The maximum absolute atomic E-state index is 12.2. The molecule has 0 radical (unpaired) electrons. The molecule has 1 N–H and O–H groups in total. The summed E-state index contributed by atoms with van der Waals surface area (Å²) in [5.41, 5.74) is 0.667. The molecular weight excluding hydrogens is 274 g/mol. The molecule has 0 aliphatic heterocycles. The van der Waals surface area contributed by atoms with E-state index in [0.717, 1.165) is 19.3 Å². The molecule has 1 aromatic carbocycles. The third-order valence-electron chi connectivity index (χ3n) is 4.37. The molecule has 0 saturated heterocycles. The van der Waals surface area contributed by atoms with Gasteiger partial charge in [-0.3, -0.25) is 4.79 Å². The van der Waals surface area contributed by atoms with Crippen molar-refractivity contribution in [3.05, 3.63) is 29.8 Å². The molecule has 1 aromatic rings. The van der Waals surface area contributed by atoms with Gasteiger partial charge in [-0.2, -0.15) is 0 Å². The van der Waals surface area contributed by atoms with Crippen molar-refractivity contribution in [2.24, 2.45) is 5.41 Å². The lowest BCUT2D eigenvalue weighted by molar-refractivity contribution is 0.101. The second-order valence-electron chi connectivity index (χ2n) is 5.61. The maximum Gasteiger partial charge on any atom is 0.240 e. The van der Waals surface area contributed by atoms with E-state index < -0.39 is 10.0 Å². The summed E-state index contributed by atoms with van der Waals surface area (Å²) in [6.45, 7) is 4.07. The highest BCUT2D eigenvalue weighted by Gasteiger charge is 2.36. The van der Waals surface area contributed by atoms with Crippen molar-refractivity contribution in [3.63, 3.8) is 0 Å². The lowest BCUT2D eigenvalue weighted by Crippen LogP contribution is -2.41. The molecule has 0 amide bonds. The Bertz CT molecular complexity index is 581. The van der Waals surface area contributed by atoms with Gasteiger partial charge in [0.1, 0.15) is 0 Å². The molecule has 4 nitrogen and oxygen atoms in total. The normalized spacial score (nSPS) is 17.5. The highest BCUT2D eigenvalue weighted by Crippen LogP contribution is 2.43. The van der Waals surface area contributed by atoms with E-state index in [-0.39, 0.29) is 16.1 Å². The molecule has 0 aromatic heterocycles. The van der Waals surface area contributed by atoms with Crippen LogP contribution < -0.4 is 4.72 Å². The summed E-state index contributed by atoms with van der Waals surface area (Å²) in [7, 11) is -3.48. The summed E-state index contributed by atoms with van der Waals surface area (Å²) in [5.74, 6) is -0.0682. The van der Waals surface area contributed by atoms with E-state index >= 15 is 0 Å². The van der Waals surface area contributed by atoms with E-state index in [1.807, 2.05) is 0 Å². The van der Waals surface area contributed by atoms with Crippen LogP contribution in [-0.2, 0) is 10.0 Å². The first kappa shape index (κ1) is 15.2. The molecule has 1 aliphatic rings. The molecule has 0 heterocycles. The molecule has 0 unspecified atom stereocenters. The molecule has 20 heavy (non-hydrogen) atoms. The minimum atomic E-state index is -3.48. The first-order valence-corrected chi connectivity index (χ1v) is 8.48. The lowest BCUT2D eigenvalue weighted by Gasteiger charge is -2.41. The Morgan fingerprint density at radius 3 is 2.25 bits per heavy atom. The molecule has 0 bridgehead atoms. The van der Waals surface area contributed by atoms with Crippen LogP contribution in [0.2, 0.25) is 0 Å². The first-order chi connectivity index (χ1) is 9.38. The summed E-state index contributed by atoms with van der Waals surface area (Å²) < 4.78 is 27.1. The van der Waals surface area contributed by atoms with Gasteiger partial charge in [0.2, 0.25) is 10.0 Å². The Kier molecular flexibility index (Phi) is 4.30. The smallest absolute Gasteiger partial charge is 0.240 e. The van der Waals surface area contributed by atoms with Crippen LogP contribution in [-0.4, -0.2) is 20.7 Å². The fourth-order valence-corrected chi connectivity index (χ4v) is 3.69. The van der Waals surface area contributed by atoms with Crippen LogP contribution >= 0.6 is 0 Å². The SMILES string of the molecule is CCC1(CNS(=O)(=O)c2ccc(C(C)=O)cc2)CCC1. The van der Waals surface area contributed by atoms with Gasteiger partial charge >= 0.3 is 0 Å². The summed E-state index contributed by atoms with van der Waals surface area (Å²) >= 11 is 0. The number of sulfonamides is 1. The van der Waals surface area contributed by atoms with E-state index in [9.17, 15) is 13.2 Å². The Hall–Kier alpha value is -1.20. The zero-order valence-corrected chi connectivity index (χ0v) is 12.8. The van der Waals surface area contributed by atoms with Gasteiger partial charge in [0, 0.05) is 12.1 Å². The van der Waals surface area contributed by atoms with Crippen LogP contribution in [0.3, 0.4) is 0 Å². The van der Waals surface area contributed by atoms with Gasteiger partial charge in [0.05, 0.1) is 4.90 Å². The minimum Gasteiger partial charge on any atom is -0.295 e. The number of carbonyl (C=O) groups is 1. The Morgan fingerprint density at radius 2 is 1.85 bits per heavy atom. The molecule has 1 saturated carbocycles. The highest BCUT2D eigenvalue weighted by molar-refractivity contribution is 7.89. The standard InChI is InChI=1S/C15H21NO3S/c1-3-15(9-4-10-15)11-16-20(18,19)14-7-5-13(6-8-14)12(2)17/h5-8,16H,3-4,9-11H2,1-2H3. The topological polar surface area (TPSA) is 63.2 Å². The van der Waals surface area contributed by atoms with Crippen molar-refractivity contribution in [1.82, 2.24) is 4.72 Å². The number of benzene rings is 1. The van der Waals surface area contributed by atoms with Crippen molar-refractivity contribution >= 4 is 15.8 Å². The number of carbonyl (C=O) groups excluding carboxylic acids is 1. The predicted octanol–water partition coefficient (Wildman–Crippen LogP) is 2.75. The minimum absolute atomic E-state index is 0.0682. The van der Waals surface area contributed by atoms with Gasteiger partial charge in [0.25, 0.3) is 0 Å². The van der Waals surface area contributed by atoms with Gasteiger partial charge in [-0.15, -0.1) is 0 Å². The quantitative estimate of drug-likeness (QED) is 0.821. The van der Waals surface area contributed by atoms with Crippen LogP contribution in [0.4, 0.5) is 0 Å². The third-order valence-corrected chi connectivity index (χ3v) is 5.79. The fourth-order valence-electron chi connectivity index (χ4n) is 2.53. The van der Waals surface area contributed by atoms with E-state index in [1.54, 1.807) is 12.1 Å². The average Bonchev–Trinajstić information content (AvgIpc) is 2.38. The van der Waals surface area contributed by atoms with E-state index in [0.29, 0.717) is 12.1 Å². The zero-order valence-electron chi connectivity index (χ0n) is 12.0. The number of hydrogen-bond donors (Lipinski definition) is 1. The lowest BCUT2D eigenvalue weighted by atomic mass is 9.67. The number of hydrogen-bond acceptors (Lipinski definition) is 3. The molecular formula is C15H21NO3S. The summed E-state index contributed by atoms with van der Waals surface area (Å²) in [4.78, 5) is 11.4. The summed E-state index contributed by atoms with van der Waals surface area (Å²) in [6, 6.07) is 6.07. The number of ketones is 1. The molecule has 0 atom stereocenters. The largest absolute Gasteiger partial charge is 0.295 e. The average molecular weight is 295 g/mol. The predicted molar refractivity (Wildman–Crippen MR) is 78.2 cm³/mol. The van der Waals surface area contributed by atoms with Gasteiger partial charge < -0.3 is 0 Å². The van der Waals surface area contributed by atoms with E-state index in [1.165, 1.54) is 25.5 Å². The van der Waals surface area contributed by atoms with Gasteiger partial charge in [-0.1, -0.05) is 25.5 Å². The number of Topliss-reactive ketones (excluding diaryl/α,β-unsaturated/α-hetero) is 1. The number of nitrogens with one attached hydrogen (secondary N) is 1. The van der Waals surface area contributed by atoms with Crippen LogP contribution in [0, 0.1) is 5.41 Å². The van der Waals surface area contributed by atoms with Gasteiger partial charge in [0.15, 0.2) is 5.78 Å². The van der Waals surface area contributed by atoms with Gasteiger partial charge in [-0.25, -0.2) is 13.1 Å². The Balaban J connectivity index is 2.08. The van der Waals surface area contributed by atoms with Crippen molar-refractivity contribution < 1.29 is 13.2 Å². The Labute approximate surface area is 120 Å². The van der Waals surface area contributed by atoms with Crippen LogP contribution in [0.5, 0.6) is 0 Å². The summed E-state index contributed by atoms with van der Waals surface area (Å²) in [5, 5.41) is 0.